The van der Waals surface area contributed by atoms with E-state index in [4.69, 9.17) is 32.7 Å². The lowest BCUT2D eigenvalue weighted by atomic mass is 10.2. The molecule has 1 aromatic heterocycles. The van der Waals surface area contributed by atoms with E-state index in [2.05, 4.69) is 10.3 Å². The van der Waals surface area contributed by atoms with Gasteiger partial charge in [0.1, 0.15) is 11.3 Å². The molecular formula is C16H14Cl2N2O4. The maximum absolute atomic E-state index is 12.2. The van der Waals surface area contributed by atoms with Gasteiger partial charge in [-0.1, -0.05) is 23.2 Å². The van der Waals surface area contributed by atoms with Crippen LogP contribution in [0.15, 0.2) is 36.5 Å². The van der Waals surface area contributed by atoms with Crippen LogP contribution in [0.25, 0.3) is 0 Å². The molecule has 0 unspecified atom stereocenters. The molecule has 0 aliphatic carbocycles. The summed E-state index contributed by atoms with van der Waals surface area (Å²) in [7, 11) is 1.42. The molecule has 0 fully saturated rings. The molecule has 0 saturated carbocycles. The van der Waals surface area contributed by atoms with Gasteiger partial charge >= 0.3 is 5.97 Å². The molecule has 0 bridgehead atoms. The third kappa shape index (κ3) is 4.37. The number of benzene rings is 1. The van der Waals surface area contributed by atoms with Crippen LogP contribution in [-0.2, 0) is 9.53 Å². The Morgan fingerprint density at radius 2 is 2.00 bits per heavy atom. The highest BCUT2D eigenvalue weighted by atomic mass is 35.5. The molecule has 1 aromatic carbocycles. The fraction of sp³-hybridized carbons (Fsp3) is 0.188. The highest BCUT2D eigenvalue weighted by Crippen LogP contribution is 2.24. The number of anilines is 1. The van der Waals surface area contributed by atoms with Crippen LogP contribution in [0, 0.1) is 0 Å². The van der Waals surface area contributed by atoms with Gasteiger partial charge in [-0.15, -0.1) is 0 Å². The summed E-state index contributed by atoms with van der Waals surface area (Å²) in [6, 6.07) is 7.74. The molecule has 8 heteroatoms. The highest BCUT2D eigenvalue weighted by Gasteiger charge is 2.22. The number of hydrogen-bond donors (Lipinski definition) is 1. The molecule has 0 aliphatic rings. The number of hydrogen-bond acceptors (Lipinski definition) is 5. The van der Waals surface area contributed by atoms with E-state index in [0.29, 0.717) is 16.5 Å². The first-order valence-electron chi connectivity index (χ1n) is 6.88. The van der Waals surface area contributed by atoms with Crippen molar-refractivity contribution in [2.75, 3.05) is 12.4 Å². The SMILES string of the molecule is COc1ccc(Cl)cc1C(=O)O[C@H](C)C(=O)Nc1cccnc1Cl. The topological polar surface area (TPSA) is 77.5 Å². The fourth-order valence-electron chi connectivity index (χ4n) is 1.83. The van der Waals surface area contributed by atoms with Crippen LogP contribution in [0.3, 0.4) is 0 Å². The quantitative estimate of drug-likeness (QED) is 0.644. The first-order valence-corrected chi connectivity index (χ1v) is 7.64. The van der Waals surface area contributed by atoms with Crippen LogP contribution in [0.1, 0.15) is 17.3 Å². The second-order valence-corrected chi connectivity index (χ2v) is 5.52. The molecule has 2 rings (SSSR count). The second-order valence-electron chi connectivity index (χ2n) is 4.72. The minimum Gasteiger partial charge on any atom is -0.496 e. The summed E-state index contributed by atoms with van der Waals surface area (Å²) >= 11 is 11.7. The summed E-state index contributed by atoms with van der Waals surface area (Å²) in [6.45, 7) is 1.44. The van der Waals surface area contributed by atoms with Gasteiger partial charge in [-0.25, -0.2) is 9.78 Å². The predicted molar refractivity (Wildman–Crippen MR) is 90.8 cm³/mol. The monoisotopic (exact) mass is 368 g/mol. The van der Waals surface area contributed by atoms with Gasteiger partial charge in [-0.3, -0.25) is 4.79 Å². The van der Waals surface area contributed by atoms with E-state index in [-0.39, 0.29) is 10.7 Å². The van der Waals surface area contributed by atoms with E-state index in [1.54, 1.807) is 24.3 Å². The van der Waals surface area contributed by atoms with Crippen molar-refractivity contribution >= 4 is 40.8 Å². The van der Waals surface area contributed by atoms with E-state index < -0.39 is 18.0 Å². The second kappa shape index (κ2) is 7.99. The van der Waals surface area contributed by atoms with Gasteiger partial charge in [-0.05, 0) is 37.3 Å². The molecule has 126 valence electrons. The molecule has 0 radical (unpaired) electrons. The van der Waals surface area contributed by atoms with E-state index in [1.165, 1.54) is 26.3 Å². The van der Waals surface area contributed by atoms with E-state index >= 15 is 0 Å². The maximum atomic E-state index is 12.2. The third-order valence-electron chi connectivity index (χ3n) is 3.05. The van der Waals surface area contributed by atoms with Gasteiger partial charge < -0.3 is 14.8 Å². The summed E-state index contributed by atoms with van der Waals surface area (Å²) < 4.78 is 10.2. The van der Waals surface area contributed by atoms with E-state index in [9.17, 15) is 9.59 Å². The number of rotatable bonds is 5. The summed E-state index contributed by atoms with van der Waals surface area (Å²) in [5.74, 6) is -0.971. The average molecular weight is 369 g/mol. The van der Waals surface area contributed by atoms with Crippen molar-refractivity contribution in [1.29, 1.82) is 0 Å². The third-order valence-corrected chi connectivity index (χ3v) is 3.59. The normalized spacial score (nSPS) is 11.5. The molecule has 1 atom stereocenters. The van der Waals surface area contributed by atoms with Crippen LogP contribution in [0.2, 0.25) is 10.2 Å². The van der Waals surface area contributed by atoms with Crippen molar-refractivity contribution in [3.05, 3.63) is 52.3 Å². The number of aromatic nitrogens is 1. The van der Waals surface area contributed by atoms with Crippen molar-refractivity contribution < 1.29 is 19.1 Å². The van der Waals surface area contributed by atoms with Crippen LogP contribution >= 0.6 is 23.2 Å². The van der Waals surface area contributed by atoms with Crippen molar-refractivity contribution in [3.63, 3.8) is 0 Å². The Balaban J connectivity index is 2.07. The smallest absolute Gasteiger partial charge is 0.342 e. The zero-order valence-corrected chi connectivity index (χ0v) is 14.4. The summed E-state index contributed by atoms with van der Waals surface area (Å²) in [5.41, 5.74) is 0.455. The molecule has 1 N–H and O–H groups in total. The Kier molecular flexibility index (Phi) is 6.00. The number of amides is 1. The molecular weight excluding hydrogens is 355 g/mol. The fourth-order valence-corrected chi connectivity index (χ4v) is 2.17. The Morgan fingerprint density at radius 1 is 1.25 bits per heavy atom. The number of nitrogens with zero attached hydrogens (tertiary/aromatic N) is 1. The van der Waals surface area contributed by atoms with Crippen LogP contribution in [0.4, 0.5) is 5.69 Å². The number of nitrogens with one attached hydrogen (secondary N) is 1. The molecule has 0 saturated heterocycles. The molecule has 24 heavy (non-hydrogen) atoms. The lowest BCUT2D eigenvalue weighted by Crippen LogP contribution is -2.30. The largest absolute Gasteiger partial charge is 0.496 e. The summed E-state index contributed by atoms with van der Waals surface area (Å²) in [4.78, 5) is 28.2. The van der Waals surface area contributed by atoms with E-state index in [0.717, 1.165) is 0 Å². The van der Waals surface area contributed by atoms with Crippen molar-refractivity contribution in [2.45, 2.75) is 13.0 Å². The lowest BCUT2D eigenvalue weighted by molar-refractivity contribution is -0.123. The molecule has 0 aliphatic heterocycles. The highest BCUT2D eigenvalue weighted by molar-refractivity contribution is 6.32. The zero-order chi connectivity index (χ0) is 17.7. The van der Waals surface area contributed by atoms with Gasteiger partial charge in [0, 0.05) is 11.2 Å². The van der Waals surface area contributed by atoms with Gasteiger partial charge in [0.15, 0.2) is 11.3 Å². The molecule has 0 spiro atoms. The predicted octanol–water partition coefficient (Wildman–Crippen LogP) is 3.58. The van der Waals surface area contributed by atoms with E-state index in [1.807, 2.05) is 0 Å². The maximum Gasteiger partial charge on any atom is 0.342 e. The number of esters is 1. The number of methoxy groups -OCH3 is 1. The van der Waals surface area contributed by atoms with Gasteiger partial charge in [-0.2, -0.15) is 0 Å². The zero-order valence-electron chi connectivity index (χ0n) is 12.9. The summed E-state index contributed by atoms with van der Waals surface area (Å²) in [5, 5.41) is 3.03. The molecule has 6 nitrogen and oxygen atoms in total. The van der Waals surface area contributed by atoms with Gasteiger partial charge in [0.05, 0.1) is 12.8 Å². The number of carbonyl (C=O) groups excluding carboxylic acids is 2. The molecule has 1 amide bonds. The number of pyridine rings is 1. The number of carbonyl (C=O) groups is 2. The molecule has 2 aromatic rings. The number of ether oxygens (including phenoxy) is 2. The lowest BCUT2D eigenvalue weighted by Gasteiger charge is -2.15. The summed E-state index contributed by atoms with van der Waals surface area (Å²) in [6.07, 6.45) is 0.435. The first kappa shape index (κ1) is 18.0. The van der Waals surface area contributed by atoms with Crippen molar-refractivity contribution in [2.24, 2.45) is 0 Å². The van der Waals surface area contributed by atoms with Crippen LogP contribution in [0.5, 0.6) is 5.75 Å². The van der Waals surface area contributed by atoms with Crippen molar-refractivity contribution in [3.8, 4) is 5.75 Å². The Bertz CT molecular complexity index is 767. The van der Waals surface area contributed by atoms with Gasteiger partial charge in [0.25, 0.3) is 5.91 Å². The number of halogens is 2. The van der Waals surface area contributed by atoms with Gasteiger partial charge in [0.2, 0.25) is 0 Å². The minimum absolute atomic E-state index is 0.129. The molecule has 1 heterocycles. The minimum atomic E-state index is -1.06. The first-order chi connectivity index (χ1) is 11.4. The standard InChI is InChI=1S/C16H14Cl2N2O4/c1-9(15(21)20-12-4-3-7-19-14(12)18)24-16(22)11-8-10(17)5-6-13(11)23-2/h3-9H,1-2H3,(H,20,21)/t9-/m1/s1. The van der Waals surface area contributed by atoms with Crippen LogP contribution < -0.4 is 10.1 Å². The average Bonchev–Trinajstić information content (AvgIpc) is 2.56. The Labute approximate surface area is 148 Å². The van der Waals surface area contributed by atoms with Crippen molar-refractivity contribution in [1.82, 2.24) is 4.98 Å². The Hall–Kier alpha value is -2.31. The van der Waals surface area contributed by atoms with Crippen LogP contribution in [-0.4, -0.2) is 30.1 Å². The Morgan fingerprint density at radius 3 is 2.67 bits per heavy atom.